The molecule has 2 rings (SSSR count). The molecule has 0 bridgehead atoms. The second-order valence-corrected chi connectivity index (χ2v) is 7.08. The van der Waals surface area contributed by atoms with Crippen LogP contribution in [0.1, 0.15) is 10.4 Å². The summed E-state index contributed by atoms with van der Waals surface area (Å²) in [7, 11) is 0. The van der Waals surface area contributed by atoms with Gasteiger partial charge in [0, 0.05) is 16.4 Å². The maximum absolute atomic E-state index is 12.2. The van der Waals surface area contributed by atoms with Crippen LogP contribution in [-0.2, 0) is 0 Å². The lowest BCUT2D eigenvalue weighted by atomic mass is 10.2. The van der Waals surface area contributed by atoms with Gasteiger partial charge in [0.2, 0.25) is 0 Å². The van der Waals surface area contributed by atoms with Crippen LogP contribution in [-0.4, -0.2) is 5.97 Å². The molecule has 0 fully saturated rings. The number of rotatable bonds is 2. The number of benzene rings is 2. The fourth-order valence-electron chi connectivity index (χ4n) is 1.41. The van der Waals surface area contributed by atoms with Gasteiger partial charge in [-0.1, -0.05) is 0 Å². The minimum Gasteiger partial charge on any atom is -0.423 e. The van der Waals surface area contributed by atoms with Crippen LogP contribution < -0.4 is 10.5 Å². The highest BCUT2D eigenvalue weighted by Gasteiger charge is 2.18. The van der Waals surface area contributed by atoms with E-state index in [4.69, 9.17) is 10.5 Å². The van der Waals surface area contributed by atoms with Crippen molar-refractivity contribution in [3.63, 3.8) is 0 Å². The maximum Gasteiger partial charge on any atom is 0.345 e. The van der Waals surface area contributed by atoms with E-state index in [0.717, 1.165) is 10.7 Å². The second kappa shape index (κ2) is 6.57. The molecule has 0 saturated heterocycles. The van der Waals surface area contributed by atoms with Crippen LogP contribution in [0.15, 0.2) is 36.4 Å². The molecule has 6 heteroatoms. The van der Waals surface area contributed by atoms with Crippen molar-refractivity contribution >= 4 is 79.4 Å². The normalized spacial score (nSPS) is 10.3. The van der Waals surface area contributed by atoms with Crippen LogP contribution in [0.25, 0.3) is 0 Å². The molecule has 19 heavy (non-hydrogen) atoms. The van der Waals surface area contributed by atoms with E-state index in [1.807, 2.05) is 12.1 Å². The Balaban J connectivity index is 2.30. The lowest BCUT2D eigenvalue weighted by Crippen LogP contribution is -2.13. The van der Waals surface area contributed by atoms with E-state index >= 15 is 0 Å². The molecule has 98 valence electrons. The monoisotopic (exact) mass is 591 g/mol. The van der Waals surface area contributed by atoms with Gasteiger partial charge in [-0.2, -0.15) is 0 Å². The average molecular weight is 591 g/mol. The van der Waals surface area contributed by atoms with Crippen LogP contribution in [0, 0.1) is 10.7 Å². The predicted molar refractivity (Wildman–Crippen MR) is 100 cm³/mol. The number of esters is 1. The van der Waals surface area contributed by atoms with E-state index in [0.29, 0.717) is 17.0 Å². The molecular formula is C13H8I3NO2. The molecule has 2 aromatic rings. The zero-order valence-electron chi connectivity index (χ0n) is 9.49. The molecule has 2 N–H and O–H groups in total. The van der Waals surface area contributed by atoms with Gasteiger partial charge in [-0.25, -0.2) is 4.79 Å². The summed E-state index contributed by atoms with van der Waals surface area (Å²) in [6.45, 7) is 0. The molecule has 0 unspecified atom stereocenters. The molecule has 0 aliphatic heterocycles. The van der Waals surface area contributed by atoms with Crippen molar-refractivity contribution < 1.29 is 9.53 Å². The number of hydrogen-bond donors (Lipinski definition) is 1. The van der Waals surface area contributed by atoms with Crippen molar-refractivity contribution in [3.8, 4) is 5.75 Å². The number of hydrogen-bond acceptors (Lipinski definition) is 3. The van der Waals surface area contributed by atoms with Crippen LogP contribution in [0.3, 0.4) is 0 Å². The minimum absolute atomic E-state index is 0.350. The molecule has 2 aromatic carbocycles. The quantitative estimate of drug-likeness (QED) is 0.187. The number of nitrogens with two attached hydrogens (primary N) is 1. The first-order valence-electron chi connectivity index (χ1n) is 5.20. The third kappa shape index (κ3) is 3.72. The fraction of sp³-hybridized carbons (Fsp3) is 0. The highest BCUT2D eigenvalue weighted by atomic mass is 127. The molecule has 0 saturated carbocycles. The highest BCUT2D eigenvalue weighted by molar-refractivity contribution is 14.1. The Morgan fingerprint density at radius 3 is 2.16 bits per heavy atom. The average Bonchev–Trinajstić information content (AvgIpc) is 2.37. The predicted octanol–water partition coefficient (Wildman–Crippen LogP) is 4.30. The van der Waals surface area contributed by atoms with Gasteiger partial charge >= 0.3 is 5.97 Å². The molecule has 0 spiro atoms. The third-order valence-corrected chi connectivity index (χ3v) is 6.29. The maximum atomic E-state index is 12.2. The highest BCUT2D eigenvalue weighted by Crippen LogP contribution is 2.26. The Labute approximate surface area is 151 Å². The molecule has 3 nitrogen and oxygen atoms in total. The van der Waals surface area contributed by atoms with Gasteiger partial charge < -0.3 is 10.5 Å². The Morgan fingerprint density at radius 1 is 0.947 bits per heavy atom. The van der Waals surface area contributed by atoms with Gasteiger partial charge in [-0.05, 0) is 104 Å². The van der Waals surface area contributed by atoms with Crippen molar-refractivity contribution in [1.82, 2.24) is 0 Å². The van der Waals surface area contributed by atoms with E-state index in [-0.39, 0.29) is 5.97 Å². The first-order valence-corrected chi connectivity index (χ1v) is 8.44. The topological polar surface area (TPSA) is 52.3 Å². The van der Waals surface area contributed by atoms with Crippen molar-refractivity contribution in [1.29, 1.82) is 0 Å². The Morgan fingerprint density at radius 2 is 1.53 bits per heavy atom. The molecular weight excluding hydrogens is 583 g/mol. The Kier molecular flexibility index (Phi) is 5.29. The molecule has 0 atom stereocenters. The second-order valence-electron chi connectivity index (χ2n) is 3.68. The Bertz CT molecular complexity index is 627. The van der Waals surface area contributed by atoms with Gasteiger partial charge in [0.1, 0.15) is 5.75 Å². The fourth-order valence-corrected chi connectivity index (χ4v) is 3.73. The van der Waals surface area contributed by atoms with Crippen LogP contribution >= 0.6 is 67.8 Å². The molecule has 0 aliphatic carbocycles. The molecule has 0 heterocycles. The van der Waals surface area contributed by atoms with E-state index < -0.39 is 0 Å². The van der Waals surface area contributed by atoms with E-state index in [2.05, 4.69) is 67.8 Å². The number of ether oxygens (including phenoxy) is 1. The van der Waals surface area contributed by atoms with Crippen molar-refractivity contribution in [3.05, 3.63) is 52.7 Å². The number of halogens is 3. The van der Waals surface area contributed by atoms with Crippen LogP contribution in [0.5, 0.6) is 5.75 Å². The molecule has 0 radical (unpaired) electrons. The summed E-state index contributed by atoms with van der Waals surface area (Å²) in [5, 5.41) is 0. The number of nitrogen functional groups attached to an aromatic ring is 1. The minimum atomic E-state index is -0.350. The summed E-state index contributed by atoms with van der Waals surface area (Å²) in [5.41, 5.74) is 6.83. The number of carbonyl (C=O) groups is 1. The summed E-state index contributed by atoms with van der Waals surface area (Å²) >= 11 is 6.50. The summed E-state index contributed by atoms with van der Waals surface area (Å²) in [6.07, 6.45) is 0. The van der Waals surface area contributed by atoms with Crippen LogP contribution in [0.4, 0.5) is 5.69 Å². The van der Waals surface area contributed by atoms with Gasteiger partial charge in [0.15, 0.2) is 0 Å². The largest absolute Gasteiger partial charge is 0.423 e. The summed E-state index contributed by atoms with van der Waals surface area (Å²) in [4.78, 5) is 12.2. The first-order chi connectivity index (χ1) is 8.99. The van der Waals surface area contributed by atoms with E-state index in [1.165, 1.54) is 0 Å². The zero-order chi connectivity index (χ0) is 14.0. The smallest absolute Gasteiger partial charge is 0.345 e. The lowest BCUT2D eigenvalue weighted by molar-refractivity contribution is 0.0732. The van der Waals surface area contributed by atoms with Crippen molar-refractivity contribution in [2.24, 2.45) is 0 Å². The standard InChI is InChI=1S/C13H8I3NO2/c14-9-5-6-10(15)12(16)11(9)13(18)19-8-3-1-7(17)2-4-8/h1-6H,17H2. The summed E-state index contributed by atoms with van der Waals surface area (Å²) in [5.74, 6) is 0.141. The summed E-state index contributed by atoms with van der Waals surface area (Å²) in [6, 6.07) is 10.6. The van der Waals surface area contributed by atoms with Crippen molar-refractivity contribution in [2.45, 2.75) is 0 Å². The number of anilines is 1. The van der Waals surface area contributed by atoms with Crippen LogP contribution in [0.2, 0.25) is 0 Å². The third-order valence-electron chi connectivity index (χ3n) is 2.34. The van der Waals surface area contributed by atoms with Gasteiger partial charge in [-0.15, -0.1) is 0 Å². The SMILES string of the molecule is Nc1ccc(OC(=O)c2c(I)ccc(I)c2I)cc1. The lowest BCUT2D eigenvalue weighted by Gasteiger charge is -2.09. The Hall–Kier alpha value is -0.100. The van der Waals surface area contributed by atoms with E-state index in [9.17, 15) is 4.79 Å². The zero-order valence-corrected chi connectivity index (χ0v) is 16.0. The molecule has 0 aliphatic rings. The summed E-state index contributed by atoms with van der Waals surface area (Å²) < 4.78 is 8.18. The van der Waals surface area contributed by atoms with E-state index in [1.54, 1.807) is 24.3 Å². The van der Waals surface area contributed by atoms with Gasteiger partial charge in [-0.3, -0.25) is 0 Å². The van der Waals surface area contributed by atoms with Crippen molar-refractivity contribution in [2.75, 3.05) is 5.73 Å². The molecule has 0 aromatic heterocycles. The molecule has 0 amide bonds. The first kappa shape index (κ1) is 15.3. The van der Waals surface area contributed by atoms with Gasteiger partial charge in [0.05, 0.1) is 5.56 Å². The van der Waals surface area contributed by atoms with Gasteiger partial charge in [0.25, 0.3) is 0 Å². The number of carbonyl (C=O) groups excluding carboxylic acids is 1.